The highest BCUT2D eigenvalue weighted by atomic mass is 32.2. The van der Waals surface area contributed by atoms with Crippen molar-refractivity contribution in [3.05, 3.63) is 16.1 Å². The summed E-state index contributed by atoms with van der Waals surface area (Å²) in [7, 11) is 0. The molecule has 0 amide bonds. The zero-order valence-electron chi connectivity index (χ0n) is 6.69. The van der Waals surface area contributed by atoms with Crippen molar-refractivity contribution in [2.75, 3.05) is 11.5 Å². The van der Waals surface area contributed by atoms with Crippen LogP contribution in [-0.2, 0) is 6.61 Å². The number of hydrogen-bond acceptors (Lipinski definition) is 4. The number of thiazole rings is 1. The third kappa shape index (κ3) is 1.65. The summed E-state index contributed by atoms with van der Waals surface area (Å²) >= 11 is 3.65. The van der Waals surface area contributed by atoms with Crippen LogP contribution in [0.4, 0.5) is 0 Å². The molecule has 66 valence electrons. The highest BCUT2D eigenvalue weighted by Crippen LogP contribution is 2.34. The molecule has 0 spiro atoms. The van der Waals surface area contributed by atoms with Gasteiger partial charge in [0.2, 0.25) is 0 Å². The van der Waals surface area contributed by atoms with E-state index in [0.717, 1.165) is 4.88 Å². The molecule has 1 N–H and O–H groups in total. The number of aliphatic hydroxyl groups is 1. The van der Waals surface area contributed by atoms with Crippen LogP contribution in [0.15, 0.2) is 6.20 Å². The molecule has 1 fully saturated rings. The molecule has 0 saturated carbocycles. The van der Waals surface area contributed by atoms with Gasteiger partial charge in [-0.1, -0.05) is 0 Å². The second-order valence-electron chi connectivity index (χ2n) is 2.88. The van der Waals surface area contributed by atoms with Crippen molar-refractivity contribution in [1.82, 2.24) is 4.98 Å². The minimum absolute atomic E-state index is 0.136. The lowest BCUT2D eigenvalue weighted by atomic mass is 10.1. The van der Waals surface area contributed by atoms with E-state index in [4.69, 9.17) is 5.11 Å². The summed E-state index contributed by atoms with van der Waals surface area (Å²) < 4.78 is 0. The molecule has 2 heterocycles. The van der Waals surface area contributed by atoms with Gasteiger partial charge in [-0.3, -0.25) is 0 Å². The van der Waals surface area contributed by atoms with Crippen molar-refractivity contribution in [2.45, 2.75) is 18.9 Å². The predicted octanol–water partition coefficient (Wildman–Crippen LogP) is 1.86. The van der Waals surface area contributed by atoms with Crippen LogP contribution in [0.5, 0.6) is 0 Å². The van der Waals surface area contributed by atoms with E-state index in [1.807, 2.05) is 11.8 Å². The second kappa shape index (κ2) is 3.77. The molecule has 12 heavy (non-hydrogen) atoms. The summed E-state index contributed by atoms with van der Waals surface area (Å²) in [6, 6.07) is 0. The molecule has 1 unspecified atom stereocenters. The average molecular weight is 201 g/mol. The first-order chi connectivity index (χ1) is 5.90. The van der Waals surface area contributed by atoms with Gasteiger partial charge in [0.25, 0.3) is 0 Å². The maximum Gasteiger partial charge on any atom is 0.0968 e. The van der Waals surface area contributed by atoms with E-state index in [0.29, 0.717) is 5.92 Å². The highest BCUT2D eigenvalue weighted by molar-refractivity contribution is 7.99. The van der Waals surface area contributed by atoms with Crippen LogP contribution in [0.2, 0.25) is 0 Å². The number of rotatable bonds is 2. The van der Waals surface area contributed by atoms with Crippen LogP contribution >= 0.6 is 23.1 Å². The first kappa shape index (κ1) is 8.53. The van der Waals surface area contributed by atoms with Gasteiger partial charge < -0.3 is 5.11 Å². The molecular weight excluding hydrogens is 190 g/mol. The normalized spacial score (nSPS) is 23.2. The van der Waals surface area contributed by atoms with E-state index >= 15 is 0 Å². The van der Waals surface area contributed by atoms with Crippen LogP contribution < -0.4 is 0 Å². The Morgan fingerprint density at radius 1 is 1.67 bits per heavy atom. The average Bonchev–Trinajstić information content (AvgIpc) is 2.75. The Bertz CT molecular complexity index is 255. The van der Waals surface area contributed by atoms with Crippen molar-refractivity contribution in [3.63, 3.8) is 0 Å². The van der Waals surface area contributed by atoms with E-state index in [1.54, 1.807) is 17.5 Å². The van der Waals surface area contributed by atoms with E-state index in [1.165, 1.54) is 22.9 Å². The number of thioether (sulfide) groups is 1. The van der Waals surface area contributed by atoms with Crippen LogP contribution in [0.25, 0.3) is 0 Å². The smallest absolute Gasteiger partial charge is 0.0968 e. The van der Waals surface area contributed by atoms with Crippen LogP contribution in [-0.4, -0.2) is 21.6 Å². The van der Waals surface area contributed by atoms with Gasteiger partial charge in [-0.25, -0.2) is 4.98 Å². The molecule has 1 aliphatic rings. The standard InChI is InChI=1S/C8H11NOS2/c10-4-7-3-9-8(12-7)6-1-2-11-5-6/h3,6,10H,1-2,4-5H2. The molecule has 1 aromatic rings. The Morgan fingerprint density at radius 3 is 3.17 bits per heavy atom. The van der Waals surface area contributed by atoms with Crippen LogP contribution in [0.1, 0.15) is 22.2 Å². The van der Waals surface area contributed by atoms with Gasteiger partial charge in [-0.05, 0) is 12.2 Å². The minimum Gasteiger partial charge on any atom is -0.391 e. The zero-order chi connectivity index (χ0) is 8.39. The fourth-order valence-corrected chi connectivity index (χ4v) is 3.56. The van der Waals surface area contributed by atoms with Crippen LogP contribution in [0.3, 0.4) is 0 Å². The van der Waals surface area contributed by atoms with Crippen molar-refractivity contribution >= 4 is 23.1 Å². The Morgan fingerprint density at radius 2 is 2.58 bits per heavy atom. The third-order valence-electron chi connectivity index (χ3n) is 2.01. The lowest BCUT2D eigenvalue weighted by molar-refractivity contribution is 0.285. The molecular formula is C8H11NOS2. The van der Waals surface area contributed by atoms with Gasteiger partial charge in [0.15, 0.2) is 0 Å². The van der Waals surface area contributed by atoms with E-state index < -0.39 is 0 Å². The second-order valence-corrected chi connectivity index (χ2v) is 5.18. The first-order valence-corrected chi connectivity index (χ1v) is 6.00. The van der Waals surface area contributed by atoms with Gasteiger partial charge in [0, 0.05) is 17.9 Å². The fourth-order valence-electron chi connectivity index (χ4n) is 1.31. The van der Waals surface area contributed by atoms with E-state index in [-0.39, 0.29) is 6.61 Å². The summed E-state index contributed by atoms with van der Waals surface area (Å²) in [5.41, 5.74) is 0. The van der Waals surface area contributed by atoms with Gasteiger partial charge in [0.1, 0.15) is 0 Å². The van der Waals surface area contributed by atoms with Crippen molar-refractivity contribution in [3.8, 4) is 0 Å². The summed E-state index contributed by atoms with van der Waals surface area (Å²) in [5.74, 6) is 3.12. The topological polar surface area (TPSA) is 33.1 Å². The maximum absolute atomic E-state index is 8.86. The van der Waals surface area contributed by atoms with E-state index in [2.05, 4.69) is 4.98 Å². The lowest BCUT2D eigenvalue weighted by Gasteiger charge is -2.00. The molecule has 1 atom stereocenters. The molecule has 0 radical (unpaired) electrons. The maximum atomic E-state index is 8.86. The van der Waals surface area contributed by atoms with Crippen molar-refractivity contribution in [1.29, 1.82) is 0 Å². The quantitative estimate of drug-likeness (QED) is 0.793. The monoisotopic (exact) mass is 201 g/mol. The molecule has 0 aliphatic carbocycles. The summed E-state index contributed by atoms with van der Waals surface area (Å²) in [4.78, 5) is 5.30. The molecule has 1 aromatic heterocycles. The number of aliphatic hydroxyl groups excluding tert-OH is 1. The fraction of sp³-hybridized carbons (Fsp3) is 0.625. The molecule has 0 aromatic carbocycles. The molecule has 2 nitrogen and oxygen atoms in total. The van der Waals surface area contributed by atoms with Gasteiger partial charge in [0.05, 0.1) is 16.5 Å². The Kier molecular flexibility index (Phi) is 2.68. The lowest BCUT2D eigenvalue weighted by Crippen LogP contribution is -1.93. The highest BCUT2D eigenvalue weighted by Gasteiger charge is 2.20. The zero-order valence-corrected chi connectivity index (χ0v) is 8.33. The SMILES string of the molecule is OCc1cnc(C2CCSC2)s1. The minimum atomic E-state index is 0.136. The molecule has 0 bridgehead atoms. The van der Waals surface area contributed by atoms with Gasteiger partial charge >= 0.3 is 0 Å². The van der Waals surface area contributed by atoms with E-state index in [9.17, 15) is 0 Å². The van der Waals surface area contributed by atoms with Crippen molar-refractivity contribution < 1.29 is 5.11 Å². The first-order valence-electron chi connectivity index (χ1n) is 4.03. The van der Waals surface area contributed by atoms with Crippen molar-refractivity contribution in [2.24, 2.45) is 0 Å². The largest absolute Gasteiger partial charge is 0.391 e. The summed E-state index contributed by atoms with van der Waals surface area (Å²) in [5, 5.41) is 10.1. The van der Waals surface area contributed by atoms with Crippen LogP contribution in [0, 0.1) is 0 Å². The Hall–Kier alpha value is -0.0600. The van der Waals surface area contributed by atoms with Gasteiger partial charge in [-0.2, -0.15) is 11.8 Å². The molecule has 4 heteroatoms. The predicted molar refractivity (Wildman–Crippen MR) is 52.7 cm³/mol. The molecule has 1 aliphatic heterocycles. The molecule has 2 rings (SSSR count). The summed E-state index contributed by atoms with van der Waals surface area (Å²) in [6.07, 6.45) is 3.05. The summed E-state index contributed by atoms with van der Waals surface area (Å²) in [6.45, 7) is 0.136. The number of hydrogen-bond donors (Lipinski definition) is 1. The number of aromatic nitrogens is 1. The number of nitrogens with zero attached hydrogens (tertiary/aromatic N) is 1. The van der Waals surface area contributed by atoms with Gasteiger partial charge in [-0.15, -0.1) is 11.3 Å². The third-order valence-corrected chi connectivity index (χ3v) is 4.31. The Balaban J connectivity index is 2.11. The molecule has 1 saturated heterocycles. The Labute approximate surface area is 80.0 Å².